The van der Waals surface area contributed by atoms with E-state index in [1.54, 1.807) is 18.2 Å². The van der Waals surface area contributed by atoms with Crippen molar-refractivity contribution in [2.24, 2.45) is 0 Å². The van der Waals surface area contributed by atoms with Gasteiger partial charge in [0.25, 0.3) is 0 Å². The zero-order valence-electron chi connectivity index (χ0n) is 9.26. The van der Waals surface area contributed by atoms with Crippen molar-refractivity contribution in [2.45, 2.75) is 31.6 Å². The highest BCUT2D eigenvalue weighted by Crippen LogP contribution is 2.29. The third kappa shape index (κ3) is 3.10. The van der Waals surface area contributed by atoms with E-state index in [4.69, 9.17) is 16.3 Å². The minimum atomic E-state index is -0.273. The Balaban J connectivity index is 2.93. The molecule has 0 aliphatic carbocycles. The van der Waals surface area contributed by atoms with Crippen LogP contribution in [-0.2, 0) is 0 Å². The van der Waals surface area contributed by atoms with E-state index in [2.05, 4.69) is 0 Å². The van der Waals surface area contributed by atoms with Gasteiger partial charge in [-0.05, 0) is 30.9 Å². The molecule has 1 nitrogen and oxygen atoms in total. The first-order valence-corrected chi connectivity index (χ1v) is 5.46. The number of methoxy groups -OCH3 is 1. The van der Waals surface area contributed by atoms with E-state index in [0.29, 0.717) is 11.3 Å². The first kappa shape index (κ1) is 12.3. The predicted octanol–water partition coefficient (Wildman–Crippen LogP) is 3.96. The van der Waals surface area contributed by atoms with Gasteiger partial charge in [0.1, 0.15) is 0 Å². The summed E-state index contributed by atoms with van der Waals surface area (Å²) in [7, 11) is 1.47. The van der Waals surface area contributed by atoms with Crippen LogP contribution in [0.25, 0.3) is 0 Å². The van der Waals surface area contributed by atoms with E-state index in [9.17, 15) is 4.39 Å². The molecule has 1 aromatic carbocycles. The summed E-state index contributed by atoms with van der Waals surface area (Å²) in [6.45, 7) is 3.88. The average molecular weight is 231 g/mol. The molecular formula is C12H16ClFO. The molecule has 0 fully saturated rings. The molecule has 0 spiro atoms. The molecule has 1 rings (SSSR count). The van der Waals surface area contributed by atoms with Crippen LogP contribution in [0.4, 0.5) is 4.39 Å². The van der Waals surface area contributed by atoms with Crippen molar-refractivity contribution in [1.82, 2.24) is 0 Å². The van der Waals surface area contributed by atoms with E-state index < -0.39 is 0 Å². The van der Waals surface area contributed by atoms with Gasteiger partial charge in [-0.1, -0.05) is 19.1 Å². The fraction of sp³-hybridized carbons (Fsp3) is 0.500. The van der Waals surface area contributed by atoms with E-state index in [-0.39, 0.29) is 17.1 Å². The molecular weight excluding hydrogens is 215 g/mol. The number of ether oxygens (including phenoxy) is 1. The molecule has 3 heteroatoms. The van der Waals surface area contributed by atoms with Crippen LogP contribution in [0, 0.1) is 5.82 Å². The number of hydrogen-bond acceptors (Lipinski definition) is 1. The lowest BCUT2D eigenvalue weighted by Gasteiger charge is -2.15. The van der Waals surface area contributed by atoms with Crippen LogP contribution in [0.2, 0.25) is 0 Å². The Morgan fingerprint density at radius 3 is 2.60 bits per heavy atom. The van der Waals surface area contributed by atoms with Crippen molar-refractivity contribution in [2.75, 3.05) is 7.11 Å². The fourth-order valence-corrected chi connectivity index (χ4v) is 1.95. The van der Waals surface area contributed by atoms with Crippen molar-refractivity contribution >= 4 is 11.6 Å². The summed E-state index contributed by atoms with van der Waals surface area (Å²) in [6.07, 6.45) is 0.756. The minimum absolute atomic E-state index is 0.0469. The van der Waals surface area contributed by atoms with Crippen LogP contribution in [0.5, 0.6) is 5.75 Å². The number of benzene rings is 1. The molecule has 1 aromatic rings. The van der Waals surface area contributed by atoms with Gasteiger partial charge in [0.15, 0.2) is 11.6 Å². The van der Waals surface area contributed by atoms with Crippen LogP contribution < -0.4 is 4.74 Å². The topological polar surface area (TPSA) is 9.23 Å². The average Bonchev–Trinajstić information content (AvgIpc) is 2.17. The molecule has 0 amide bonds. The standard InChI is InChI=1S/C12H16ClFO/c1-8(7-9(2)13)10-5-4-6-11(15-3)12(10)14/h4-6,8-9H,7H2,1-3H3. The normalized spacial score (nSPS) is 14.7. The number of halogens is 2. The Bertz CT molecular complexity index is 325. The molecule has 0 radical (unpaired) electrons. The Morgan fingerprint density at radius 1 is 1.40 bits per heavy atom. The van der Waals surface area contributed by atoms with Gasteiger partial charge in [-0.3, -0.25) is 0 Å². The van der Waals surface area contributed by atoms with Gasteiger partial charge >= 0.3 is 0 Å². The second-order valence-electron chi connectivity index (χ2n) is 3.78. The van der Waals surface area contributed by atoms with Crippen LogP contribution >= 0.6 is 11.6 Å². The zero-order chi connectivity index (χ0) is 11.4. The van der Waals surface area contributed by atoms with Gasteiger partial charge < -0.3 is 4.74 Å². The van der Waals surface area contributed by atoms with Crippen molar-refractivity contribution in [3.63, 3.8) is 0 Å². The van der Waals surface area contributed by atoms with Gasteiger partial charge in [-0.2, -0.15) is 0 Å². The van der Waals surface area contributed by atoms with Crippen molar-refractivity contribution in [3.8, 4) is 5.75 Å². The summed E-state index contributed by atoms with van der Waals surface area (Å²) in [6, 6.07) is 5.20. The van der Waals surface area contributed by atoms with Gasteiger partial charge in [0.05, 0.1) is 7.11 Å². The molecule has 84 valence electrons. The SMILES string of the molecule is COc1cccc(C(C)CC(C)Cl)c1F. The summed E-state index contributed by atoms with van der Waals surface area (Å²) in [4.78, 5) is 0. The number of rotatable bonds is 4. The van der Waals surface area contributed by atoms with E-state index >= 15 is 0 Å². The van der Waals surface area contributed by atoms with E-state index in [1.807, 2.05) is 13.8 Å². The highest BCUT2D eigenvalue weighted by molar-refractivity contribution is 6.20. The first-order chi connectivity index (χ1) is 7.06. The summed E-state index contributed by atoms with van der Waals surface area (Å²) >= 11 is 5.89. The molecule has 0 aliphatic rings. The van der Waals surface area contributed by atoms with E-state index in [0.717, 1.165) is 6.42 Å². The lowest BCUT2D eigenvalue weighted by molar-refractivity contribution is 0.382. The van der Waals surface area contributed by atoms with E-state index in [1.165, 1.54) is 7.11 Å². The molecule has 2 unspecified atom stereocenters. The Hall–Kier alpha value is -0.760. The number of alkyl halides is 1. The largest absolute Gasteiger partial charge is 0.494 e. The van der Waals surface area contributed by atoms with Crippen molar-refractivity contribution < 1.29 is 9.13 Å². The molecule has 15 heavy (non-hydrogen) atoms. The summed E-state index contributed by atoms with van der Waals surface area (Å²) < 4.78 is 18.7. The summed E-state index contributed by atoms with van der Waals surface area (Å²) in [5.74, 6) is 0.124. The van der Waals surface area contributed by atoms with Crippen LogP contribution in [0.3, 0.4) is 0 Å². The maximum absolute atomic E-state index is 13.8. The highest BCUT2D eigenvalue weighted by atomic mass is 35.5. The third-order valence-electron chi connectivity index (χ3n) is 2.42. The molecule has 0 aliphatic heterocycles. The quantitative estimate of drug-likeness (QED) is 0.712. The molecule has 0 bridgehead atoms. The molecule has 0 saturated carbocycles. The molecule has 0 aromatic heterocycles. The Kier molecular flexibility index (Phi) is 4.40. The molecule has 0 heterocycles. The zero-order valence-corrected chi connectivity index (χ0v) is 10.0. The Labute approximate surface area is 95.2 Å². The molecule has 0 N–H and O–H groups in total. The third-order valence-corrected chi connectivity index (χ3v) is 2.60. The van der Waals surface area contributed by atoms with Gasteiger partial charge in [0.2, 0.25) is 0 Å². The molecule has 0 saturated heterocycles. The van der Waals surface area contributed by atoms with Crippen LogP contribution in [0.1, 0.15) is 31.7 Å². The lowest BCUT2D eigenvalue weighted by Crippen LogP contribution is -2.04. The van der Waals surface area contributed by atoms with Gasteiger partial charge in [-0.25, -0.2) is 4.39 Å². The predicted molar refractivity (Wildman–Crippen MR) is 61.3 cm³/mol. The fourth-order valence-electron chi connectivity index (χ4n) is 1.68. The molecule has 2 atom stereocenters. The maximum Gasteiger partial charge on any atom is 0.168 e. The second kappa shape index (κ2) is 5.36. The van der Waals surface area contributed by atoms with Gasteiger partial charge in [0, 0.05) is 5.38 Å². The van der Waals surface area contributed by atoms with Gasteiger partial charge in [-0.15, -0.1) is 11.6 Å². The van der Waals surface area contributed by atoms with Crippen molar-refractivity contribution in [3.05, 3.63) is 29.6 Å². The van der Waals surface area contributed by atoms with Crippen LogP contribution in [0.15, 0.2) is 18.2 Å². The lowest BCUT2D eigenvalue weighted by atomic mass is 9.95. The Morgan fingerprint density at radius 2 is 2.07 bits per heavy atom. The highest BCUT2D eigenvalue weighted by Gasteiger charge is 2.15. The van der Waals surface area contributed by atoms with Crippen LogP contribution in [-0.4, -0.2) is 12.5 Å². The monoisotopic (exact) mass is 230 g/mol. The maximum atomic E-state index is 13.8. The summed E-state index contributed by atoms with van der Waals surface area (Å²) in [5.41, 5.74) is 0.668. The minimum Gasteiger partial charge on any atom is -0.494 e. The smallest absolute Gasteiger partial charge is 0.168 e. The second-order valence-corrected chi connectivity index (χ2v) is 4.53. The van der Waals surface area contributed by atoms with Crippen molar-refractivity contribution in [1.29, 1.82) is 0 Å². The number of hydrogen-bond donors (Lipinski definition) is 0. The first-order valence-electron chi connectivity index (χ1n) is 5.02. The summed E-state index contributed by atoms with van der Waals surface area (Å²) in [5, 5.41) is 0.0469.